The molecule has 6 nitrogen and oxygen atoms in total. The van der Waals surface area contributed by atoms with Crippen LogP contribution in [0.1, 0.15) is 22.5 Å². The molecule has 7 heteroatoms. The molecule has 1 N–H and O–H groups in total. The molecular weight excluding hydrogens is 481 g/mol. The number of nitrogens with zero attached hydrogens (tertiary/aromatic N) is 2. The fourth-order valence-corrected chi connectivity index (χ4v) is 4.00. The molecule has 3 aromatic rings. The summed E-state index contributed by atoms with van der Waals surface area (Å²) in [5.74, 6) is 1.18. The highest BCUT2D eigenvalue weighted by molar-refractivity contribution is 14.1. The first kappa shape index (κ1) is 19.5. The van der Waals surface area contributed by atoms with Crippen LogP contribution in [0.15, 0.2) is 53.6 Å². The van der Waals surface area contributed by atoms with Gasteiger partial charge in [0.05, 0.1) is 18.3 Å². The average Bonchev–Trinajstić information content (AvgIpc) is 3.26. The Morgan fingerprint density at radius 3 is 2.79 bits per heavy atom. The van der Waals surface area contributed by atoms with Crippen LogP contribution >= 0.6 is 22.6 Å². The number of rotatable bonds is 5. The number of carbonyl (C=O) groups is 1. The highest BCUT2D eigenvalue weighted by Gasteiger charge is 2.15. The van der Waals surface area contributed by atoms with Gasteiger partial charge in [0.25, 0.3) is 0 Å². The second-order valence-corrected chi connectivity index (χ2v) is 7.93. The average molecular weight is 501 g/mol. The summed E-state index contributed by atoms with van der Waals surface area (Å²) in [4.78, 5) is 12.2. The van der Waals surface area contributed by atoms with Crippen LogP contribution in [-0.4, -0.2) is 23.5 Å². The number of para-hydroxylation sites is 1. The molecular formula is C22H20IN3O3. The van der Waals surface area contributed by atoms with Crippen LogP contribution in [-0.2, 0) is 11.2 Å². The number of fused-ring (bicyclic) bond motifs is 1. The molecule has 29 heavy (non-hydrogen) atoms. The number of nitrogens with one attached hydrogen (secondary N) is 1. The Bertz CT molecular complexity index is 1100. The third-order valence-corrected chi connectivity index (χ3v) is 5.67. The molecule has 1 aliphatic rings. The molecule has 2 aromatic carbocycles. The molecule has 0 aliphatic carbocycles. The normalized spacial score (nSPS) is 12.5. The lowest BCUT2D eigenvalue weighted by Crippen LogP contribution is -2.19. The number of aryl methyl sites for hydroxylation is 1. The van der Waals surface area contributed by atoms with Crippen LogP contribution in [0.4, 0.5) is 0 Å². The maximum atomic E-state index is 12.2. The van der Waals surface area contributed by atoms with Gasteiger partial charge in [-0.15, -0.1) is 0 Å². The van der Waals surface area contributed by atoms with Gasteiger partial charge in [0, 0.05) is 20.5 Å². The Labute approximate surface area is 182 Å². The first-order valence-corrected chi connectivity index (χ1v) is 10.2. The zero-order valence-corrected chi connectivity index (χ0v) is 18.3. The number of hydrazone groups is 1. The van der Waals surface area contributed by atoms with Gasteiger partial charge < -0.3 is 14.0 Å². The molecule has 0 spiro atoms. The van der Waals surface area contributed by atoms with Crippen LogP contribution in [0, 0.1) is 17.4 Å². The number of halogens is 1. The molecule has 148 valence electrons. The molecule has 0 bridgehead atoms. The van der Waals surface area contributed by atoms with Gasteiger partial charge in [-0.3, -0.25) is 4.79 Å². The van der Waals surface area contributed by atoms with Crippen molar-refractivity contribution in [2.75, 3.05) is 6.79 Å². The molecule has 1 aromatic heterocycles. The first-order chi connectivity index (χ1) is 14.0. The molecule has 0 saturated carbocycles. The zero-order chi connectivity index (χ0) is 20.4. The summed E-state index contributed by atoms with van der Waals surface area (Å²) in [6.45, 7) is 4.33. The molecule has 0 unspecified atom stereocenters. The van der Waals surface area contributed by atoms with Gasteiger partial charge in [-0.2, -0.15) is 5.10 Å². The fourth-order valence-electron chi connectivity index (χ4n) is 3.37. The smallest absolute Gasteiger partial charge is 0.244 e. The van der Waals surface area contributed by atoms with Gasteiger partial charge in [-0.25, -0.2) is 5.43 Å². The van der Waals surface area contributed by atoms with E-state index >= 15 is 0 Å². The minimum absolute atomic E-state index is 0.188. The summed E-state index contributed by atoms with van der Waals surface area (Å²) in [5.41, 5.74) is 7.73. The maximum absolute atomic E-state index is 12.2. The Morgan fingerprint density at radius 1 is 1.17 bits per heavy atom. The lowest BCUT2D eigenvalue weighted by Gasteiger charge is -2.11. The van der Waals surface area contributed by atoms with Crippen LogP contribution in [0.25, 0.3) is 5.69 Å². The van der Waals surface area contributed by atoms with Gasteiger partial charge in [-0.1, -0.05) is 18.2 Å². The van der Waals surface area contributed by atoms with E-state index in [-0.39, 0.29) is 19.1 Å². The number of carbonyl (C=O) groups excluding carboxylic acids is 1. The number of hydrogen-bond donors (Lipinski definition) is 1. The van der Waals surface area contributed by atoms with Crippen molar-refractivity contribution < 1.29 is 14.3 Å². The van der Waals surface area contributed by atoms with Gasteiger partial charge in [-0.05, 0) is 72.3 Å². The van der Waals surface area contributed by atoms with E-state index in [2.05, 4.69) is 62.8 Å². The number of benzene rings is 2. The van der Waals surface area contributed by atoms with Crippen LogP contribution in [0.2, 0.25) is 0 Å². The van der Waals surface area contributed by atoms with Crippen molar-refractivity contribution in [1.82, 2.24) is 9.99 Å². The van der Waals surface area contributed by atoms with Crippen molar-refractivity contribution in [3.63, 3.8) is 0 Å². The van der Waals surface area contributed by atoms with E-state index in [1.165, 1.54) is 3.57 Å². The number of aromatic nitrogens is 1. The maximum Gasteiger partial charge on any atom is 0.244 e. The van der Waals surface area contributed by atoms with Crippen molar-refractivity contribution in [2.45, 2.75) is 20.3 Å². The summed E-state index contributed by atoms with van der Waals surface area (Å²) >= 11 is 2.34. The van der Waals surface area contributed by atoms with Gasteiger partial charge >= 0.3 is 0 Å². The van der Waals surface area contributed by atoms with Crippen molar-refractivity contribution in [1.29, 1.82) is 0 Å². The fraction of sp³-hybridized carbons (Fsp3) is 0.182. The van der Waals surface area contributed by atoms with Gasteiger partial charge in [0.1, 0.15) is 0 Å². The monoisotopic (exact) mass is 501 g/mol. The number of amides is 1. The summed E-state index contributed by atoms with van der Waals surface area (Å²) in [6, 6.07) is 15.8. The van der Waals surface area contributed by atoms with E-state index in [4.69, 9.17) is 9.47 Å². The van der Waals surface area contributed by atoms with Gasteiger partial charge in [0.2, 0.25) is 12.7 Å². The molecule has 0 atom stereocenters. The van der Waals surface area contributed by atoms with Crippen molar-refractivity contribution in [3.8, 4) is 17.2 Å². The van der Waals surface area contributed by atoms with E-state index in [9.17, 15) is 4.79 Å². The minimum Gasteiger partial charge on any atom is -0.454 e. The number of hydrogen-bond acceptors (Lipinski definition) is 4. The Balaban J connectivity index is 1.44. The third kappa shape index (κ3) is 4.14. The predicted molar refractivity (Wildman–Crippen MR) is 120 cm³/mol. The van der Waals surface area contributed by atoms with E-state index in [0.717, 1.165) is 28.2 Å². The standard InChI is InChI=1S/C22H20IN3O3/c1-14-9-17(15(2)26(14)19-6-4-3-5-18(19)23)12-24-25-22(27)11-16-7-8-20-21(10-16)29-13-28-20/h3-10,12H,11,13H2,1-2H3,(H,25,27)/b24-12-. The highest BCUT2D eigenvalue weighted by atomic mass is 127. The highest BCUT2D eigenvalue weighted by Crippen LogP contribution is 2.32. The zero-order valence-electron chi connectivity index (χ0n) is 16.1. The minimum atomic E-state index is -0.188. The number of ether oxygens (including phenoxy) is 2. The third-order valence-electron chi connectivity index (χ3n) is 4.76. The molecule has 0 saturated heterocycles. The van der Waals surface area contributed by atoms with Crippen molar-refractivity contribution in [3.05, 3.63) is 74.6 Å². The lowest BCUT2D eigenvalue weighted by atomic mass is 10.1. The second kappa shape index (κ2) is 8.28. The Morgan fingerprint density at radius 2 is 1.97 bits per heavy atom. The molecule has 0 fully saturated rings. The molecule has 1 aliphatic heterocycles. The van der Waals surface area contributed by atoms with Crippen molar-refractivity contribution in [2.24, 2.45) is 5.10 Å². The Kier molecular flexibility index (Phi) is 5.57. The van der Waals surface area contributed by atoms with Crippen LogP contribution in [0.3, 0.4) is 0 Å². The summed E-state index contributed by atoms with van der Waals surface area (Å²) in [7, 11) is 0. The molecule has 1 amide bonds. The summed E-state index contributed by atoms with van der Waals surface area (Å²) in [5, 5.41) is 4.15. The van der Waals surface area contributed by atoms with E-state index in [0.29, 0.717) is 11.5 Å². The predicted octanol–water partition coefficient (Wildman–Crippen LogP) is 4.12. The lowest BCUT2D eigenvalue weighted by molar-refractivity contribution is -0.120. The molecule has 4 rings (SSSR count). The van der Waals surface area contributed by atoms with E-state index in [1.54, 1.807) is 6.21 Å². The Hall–Kier alpha value is -2.81. The quantitative estimate of drug-likeness (QED) is 0.325. The second-order valence-electron chi connectivity index (χ2n) is 6.77. The van der Waals surface area contributed by atoms with Gasteiger partial charge in [0.15, 0.2) is 11.5 Å². The van der Waals surface area contributed by atoms with E-state index < -0.39 is 0 Å². The van der Waals surface area contributed by atoms with E-state index in [1.807, 2.05) is 37.3 Å². The first-order valence-electron chi connectivity index (χ1n) is 9.17. The van der Waals surface area contributed by atoms with Crippen molar-refractivity contribution >= 4 is 34.7 Å². The summed E-state index contributed by atoms with van der Waals surface area (Å²) in [6.07, 6.45) is 1.90. The SMILES string of the molecule is Cc1cc(/C=N\NC(=O)Cc2ccc3c(c2)OCO3)c(C)n1-c1ccccc1I. The topological polar surface area (TPSA) is 64.8 Å². The van der Waals surface area contributed by atoms with Crippen LogP contribution < -0.4 is 14.9 Å². The van der Waals surface area contributed by atoms with Crippen LogP contribution in [0.5, 0.6) is 11.5 Å². The summed E-state index contributed by atoms with van der Waals surface area (Å²) < 4.78 is 14.0. The molecule has 0 radical (unpaired) electrons. The largest absolute Gasteiger partial charge is 0.454 e. The molecule has 2 heterocycles.